The number of rotatable bonds is 3. The van der Waals surface area contributed by atoms with Crippen molar-refractivity contribution in [2.24, 2.45) is 11.8 Å². The lowest BCUT2D eigenvalue weighted by atomic mass is 9.74. The number of piperidine rings is 1. The third-order valence-electron chi connectivity index (χ3n) is 5.74. The Morgan fingerprint density at radius 3 is 2.61 bits per heavy atom. The van der Waals surface area contributed by atoms with Gasteiger partial charge in [0.2, 0.25) is 0 Å². The molecule has 4 atom stereocenters. The van der Waals surface area contributed by atoms with E-state index < -0.39 is 0 Å². The summed E-state index contributed by atoms with van der Waals surface area (Å²) in [6.07, 6.45) is 11.8. The Kier molecular flexibility index (Phi) is 4.25. The molecule has 0 aromatic heterocycles. The highest BCUT2D eigenvalue weighted by Crippen LogP contribution is 2.38. The van der Waals surface area contributed by atoms with Crippen LogP contribution < -0.4 is 5.32 Å². The Balaban J connectivity index is 1.59. The lowest BCUT2D eigenvalue weighted by Crippen LogP contribution is -2.52. The van der Waals surface area contributed by atoms with Gasteiger partial charge in [0.05, 0.1) is 0 Å². The molecule has 1 saturated heterocycles. The molecule has 18 heavy (non-hydrogen) atoms. The van der Waals surface area contributed by atoms with Crippen LogP contribution in [0.1, 0.15) is 58.3 Å². The highest BCUT2D eigenvalue weighted by atomic mass is 15.2. The number of hydrogen-bond donors (Lipinski definition) is 1. The van der Waals surface area contributed by atoms with E-state index in [4.69, 9.17) is 0 Å². The Hall–Kier alpha value is -0.0800. The third-order valence-corrected chi connectivity index (χ3v) is 5.74. The summed E-state index contributed by atoms with van der Waals surface area (Å²) in [5.74, 6) is 2.12. The molecule has 2 aliphatic carbocycles. The van der Waals surface area contributed by atoms with Gasteiger partial charge in [-0.1, -0.05) is 32.6 Å². The van der Waals surface area contributed by atoms with E-state index in [1.807, 2.05) is 0 Å². The molecule has 0 bridgehead atoms. The molecule has 0 amide bonds. The highest BCUT2D eigenvalue weighted by molar-refractivity contribution is 4.94. The summed E-state index contributed by atoms with van der Waals surface area (Å²) in [7, 11) is 0. The molecule has 2 nitrogen and oxygen atoms in total. The van der Waals surface area contributed by atoms with Crippen molar-refractivity contribution in [3.8, 4) is 0 Å². The maximum absolute atomic E-state index is 3.72. The van der Waals surface area contributed by atoms with Crippen molar-refractivity contribution in [2.75, 3.05) is 19.6 Å². The van der Waals surface area contributed by atoms with Gasteiger partial charge in [-0.25, -0.2) is 0 Å². The van der Waals surface area contributed by atoms with Crippen molar-refractivity contribution >= 4 is 0 Å². The fourth-order valence-corrected chi connectivity index (χ4v) is 4.81. The molecular weight excluding hydrogens is 220 g/mol. The molecule has 1 aliphatic heterocycles. The van der Waals surface area contributed by atoms with E-state index in [0.29, 0.717) is 0 Å². The summed E-state index contributed by atoms with van der Waals surface area (Å²) in [5, 5.41) is 3.72. The molecule has 0 aromatic carbocycles. The number of nitrogens with zero attached hydrogens (tertiary/aromatic N) is 1. The first kappa shape index (κ1) is 12.9. The minimum absolute atomic E-state index is 0.787. The van der Waals surface area contributed by atoms with E-state index in [-0.39, 0.29) is 0 Å². The van der Waals surface area contributed by atoms with Gasteiger partial charge in [0.25, 0.3) is 0 Å². The van der Waals surface area contributed by atoms with Crippen LogP contribution >= 0.6 is 0 Å². The van der Waals surface area contributed by atoms with Gasteiger partial charge in [-0.05, 0) is 50.6 Å². The Bertz CT molecular complexity index is 266. The number of likely N-dealkylation sites (N-methyl/N-ethyl adjacent to an activating group) is 1. The summed E-state index contributed by atoms with van der Waals surface area (Å²) in [5.41, 5.74) is 0. The molecule has 1 heterocycles. The fraction of sp³-hybridized carbons (Fsp3) is 1.00. The maximum Gasteiger partial charge on any atom is 0.0249 e. The predicted octanol–water partition coefficient (Wildman–Crippen LogP) is 3.03. The molecule has 1 N–H and O–H groups in total. The van der Waals surface area contributed by atoms with Crippen LogP contribution in [0.2, 0.25) is 0 Å². The lowest BCUT2D eigenvalue weighted by Gasteiger charge is -2.45. The topological polar surface area (TPSA) is 15.3 Å². The third kappa shape index (κ3) is 2.60. The maximum atomic E-state index is 3.72. The molecule has 4 unspecified atom stereocenters. The van der Waals surface area contributed by atoms with Crippen LogP contribution in [0.15, 0.2) is 0 Å². The van der Waals surface area contributed by atoms with Gasteiger partial charge < -0.3 is 5.32 Å². The highest BCUT2D eigenvalue weighted by Gasteiger charge is 2.37. The second kappa shape index (κ2) is 5.92. The quantitative estimate of drug-likeness (QED) is 0.828. The van der Waals surface area contributed by atoms with Crippen molar-refractivity contribution in [3.63, 3.8) is 0 Å². The second-order valence-corrected chi connectivity index (χ2v) is 6.75. The van der Waals surface area contributed by atoms with Crippen LogP contribution in [0.3, 0.4) is 0 Å². The van der Waals surface area contributed by atoms with Crippen LogP contribution in [-0.4, -0.2) is 36.6 Å². The van der Waals surface area contributed by atoms with Gasteiger partial charge in [0.15, 0.2) is 0 Å². The van der Waals surface area contributed by atoms with E-state index in [0.717, 1.165) is 30.5 Å². The van der Waals surface area contributed by atoms with Crippen molar-refractivity contribution in [2.45, 2.75) is 70.4 Å². The number of hydrogen-bond acceptors (Lipinski definition) is 2. The normalized spacial score (nSPS) is 41.8. The van der Waals surface area contributed by atoms with Gasteiger partial charge in [-0.2, -0.15) is 0 Å². The monoisotopic (exact) mass is 250 g/mol. The molecule has 0 radical (unpaired) electrons. The van der Waals surface area contributed by atoms with Gasteiger partial charge in [0.1, 0.15) is 0 Å². The largest absolute Gasteiger partial charge is 0.313 e. The summed E-state index contributed by atoms with van der Waals surface area (Å²) >= 11 is 0. The van der Waals surface area contributed by atoms with Crippen molar-refractivity contribution in [3.05, 3.63) is 0 Å². The zero-order valence-corrected chi connectivity index (χ0v) is 12.0. The minimum atomic E-state index is 0.787. The first-order chi connectivity index (χ1) is 8.88. The van der Waals surface area contributed by atoms with E-state index >= 15 is 0 Å². The van der Waals surface area contributed by atoms with Crippen molar-refractivity contribution in [1.29, 1.82) is 0 Å². The molecule has 3 fully saturated rings. The molecule has 2 saturated carbocycles. The number of likely N-dealkylation sites (tertiary alicyclic amines) is 1. The SMILES string of the molecule is CCNC1CCCC1N1CCC2CCCCC2C1. The van der Waals surface area contributed by atoms with Crippen LogP contribution in [-0.2, 0) is 0 Å². The fourth-order valence-electron chi connectivity index (χ4n) is 4.81. The van der Waals surface area contributed by atoms with E-state index in [1.165, 1.54) is 64.5 Å². The molecule has 2 heteroatoms. The van der Waals surface area contributed by atoms with E-state index in [2.05, 4.69) is 17.1 Å². The van der Waals surface area contributed by atoms with Gasteiger partial charge in [-0.15, -0.1) is 0 Å². The predicted molar refractivity (Wildman–Crippen MR) is 76.7 cm³/mol. The van der Waals surface area contributed by atoms with Crippen molar-refractivity contribution in [1.82, 2.24) is 10.2 Å². The minimum Gasteiger partial charge on any atom is -0.313 e. The lowest BCUT2D eigenvalue weighted by molar-refractivity contribution is 0.0502. The second-order valence-electron chi connectivity index (χ2n) is 6.75. The smallest absolute Gasteiger partial charge is 0.0249 e. The van der Waals surface area contributed by atoms with Gasteiger partial charge in [0, 0.05) is 18.6 Å². The molecule has 0 aromatic rings. The first-order valence-corrected chi connectivity index (χ1v) is 8.36. The zero-order valence-electron chi connectivity index (χ0n) is 12.0. The summed E-state index contributed by atoms with van der Waals surface area (Å²) in [4.78, 5) is 2.85. The summed E-state index contributed by atoms with van der Waals surface area (Å²) in [6, 6.07) is 1.64. The Morgan fingerprint density at radius 1 is 0.944 bits per heavy atom. The van der Waals surface area contributed by atoms with Crippen LogP contribution in [0.25, 0.3) is 0 Å². The summed E-state index contributed by atoms with van der Waals surface area (Å²) in [6.45, 7) is 6.19. The zero-order chi connectivity index (χ0) is 12.4. The Morgan fingerprint density at radius 2 is 1.78 bits per heavy atom. The molecule has 0 spiro atoms. The molecular formula is C16H30N2. The van der Waals surface area contributed by atoms with E-state index in [9.17, 15) is 0 Å². The van der Waals surface area contributed by atoms with Gasteiger partial charge in [-0.3, -0.25) is 4.90 Å². The average molecular weight is 250 g/mol. The van der Waals surface area contributed by atoms with Crippen molar-refractivity contribution < 1.29 is 0 Å². The summed E-state index contributed by atoms with van der Waals surface area (Å²) < 4.78 is 0. The first-order valence-electron chi connectivity index (χ1n) is 8.36. The van der Waals surface area contributed by atoms with Crippen LogP contribution in [0.5, 0.6) is 0 Å². The van der Waals surface area contributed by atoms with Crippen LogP contribution in [0, 0.1) is 11.8 Å². The van der Waals surface area contributed by atoms with Gasteiger partial charge >= 0.3 is 0 Å². The van der Waals surface area contributed by atoms with E-state index in [1.54, 1.807) is 0 Å². The molecule has 104 valence electrons. The molecule has 3 rings (SSSR count). The Labute approximate surface area is 113 Å². The standard InChI is InChI=1S/C16H30N2/c1-2-17-15-8-5-9-16(15)18-11-10-13-6-3-4-7-14(13)12-18/h13-17H,2-12H2,1H3. The average Bonchev–Trinajstić information content (AvgIpc) is 2.87. The number of nitrogens with one attached hydrogen (secondary N) is 1. The molecule has 3 aliphatic rings. The number of fused-ring (bicyclic) bond motifs is 1. The van der Waals surface area contributed by atoms with Crippen LogP contribution in [0.4, 0.5) is 0 Å².